The Balaban J connectivity index is 0. The first kappa shape index (κ1) is 17.6. The van der Waals surface area contributed by atoms with E-state index >= 15 is 0 Å². The first-order valence-corrected chi connectivity index (χ1v) is 4.72. The zero-order chi connectivity index (χ0) is 9.19. The molecule has 0 bridgehead atoms. The smallest absolute Gasteiger partial charge is 0.780 e. The van der Waals surface area contributed by atoms with E-state index in [1.165, 1.54) is 6.07 Å². The van der Waals surface area contributed by atoms with Gasteiger partial charge in [-0.2, -0.15) is 0 Å². The van der Waals surface area contributed by atoms with Crippen LogP contribution in [0.15, 0.2) is 24.3 Å². The maximum Gasteiger partial charge on any atom is 1.00 e. The summed E-state index contributed by atoms with van der Waals surface area (Å²) in [5, 5.41) is 0. The molecule has 7 heteroatoms. The largest absolute Gasteiger partial charge is 1.00 e. The minimum absolute atomic E-state index is 0. The average Bonchev–Trinajstić information content (AvgIpc) is 1.91. The van der Waals surface area contributed by atoms with Crippen molar-refractivity contribution >= 4 is 7.82 Å². The maximum absolute atomic E-state index is 10.2. The predicted octanol–water partition coefficient (Wildman–Crippen LogP) is -5.79. The quantitative estimate of drug-likeness (QED) is 0.376. The van der Waals surface area contributed by atoms with Gasteiger partial charge in [-0.05, 0) is 18.6 Å². The zero-order valence-electron chi connectivity index (χ0n) is 8.39. The van der Waals surface area contributed by atoms with Crippen LogP contribution in [-0.4, -0.2) is 0 Å². The van der Waals surface area contributed by atoms with Crippen LogP contribution in [0.25, 0.3) is 0 Å². The minimum Gasteiger partial charge on any atom is -0.780 e. The average molecular weight is 232 g/mol. The molecule has 0 atom stereocenters. The molecule has 0 saturated heterocycles. The van der Waals surface area contributed by atoms with E-state index in [2.05, 4.69) is 4.52 Å². The van der Waals surface area contributed by atoms with Crippen molar-refractivity contribution in [3.8, 4) is 5.75 Å². The van der Waals surface area contributed by atoms with Crippen LogP contribution in [0.5, 0.6) is 5.75 Å². The van der Waals surface area contributed by atoms with Crippen molar-refractivity contribution in [3.05, 3.63) is 29.8 Å². The van der Waals surface area contributed by atoms with Gasteiger partial charge < -0.3 is 18.9 Å². The molecule has 4 nitrogen and oxygen atoms in total. The number of phosphoric acid groups is 1. The van der Waals surface area contributed by atoms with E-state index in [9.17, 15) is 14.4 Å². The molecule has 0 amide bonds. The fraction of sp³-hybridized carbons (Fsp3) is 0.143. The van der Waals surface area contributed by atoms with Crippen LogP contribution in [0.1, 0.15) is 5.56 Å². The maximum atomic E-state index is 10.2. The number of phosphoric ester groups is 1. The topological polar surface area (TPSA) is 72.4 Å². The Morgan fingerprint density at radius 1 is 1.21 bits per heavy atom. The van der Waals surface area contributed by atoms with Gasteiger partial charge in [-0.3, -0.25) is 0 Å². The Morgan fingerprint density at radius 3 is 2.14 bits per heavy atom. The van der Waals surface area contributed by atoms with Crippen molar-refractivity contribution in [2.45, 2.75) is 6.92 Å². The summed E-state index contributed by atoms with van der Waals surface area (Å²) in [5.41, 5.74) is 0.615. The van der Waals surface area contributed by atoms with Crippen molar-refractivity contribution in [1.29, 1.82) is 0 Å². The van der Waals surface area contributed by atoms with Crippen molar-refractivity contribution in [1.82, 2.24) is 0 Å². The summed E-state index contributed by atoms with van der Waals surface area (Å²) in [5.74, 6) is 0.0887. The molecule has 1 aromatic carbocycles. The van der Waals surface area contributed by atoms with Crippen LogP contribution in [0.4, 0.5) is 0 Å². The van der Waals surface area contributed by atoms with E-state index < -0.39 is 7.82 Å². The third kappa shape index (κ3) is 6.62. The van der Waals surface area contributed by atoms with Gasteiger partial charge in [0, 0.05) is 0 Å². The summed E-state index contributed by atoms with van der Waals surface area (Å²) < 4.78 is 14.4. The number of rotatable bonds is 2. The second kappa shape index (κ2) is 7.44. The third-order valence-electron chi connectivity index (χ3n) is 1.30. The molecule has 0 aromatic heterocycles. The molecule has 14 heavy (non-hydrogen) atoms. The number of aryl methyl sites for hydroxylation is 1. The Morgan fingerprint density at radius 2 is 1.71 bits per heavy atom. The van der Waals surface area contributed by atoms with Crippen molar-refractivity contribution in [2.24, 2.45) is 0 Å². The molecule has 1 rings (SSSR count). The zero-order valence-corrected chi connectivity index (χ0v) is 13.3. The van der Waals surface area contributed by atoms with E-state index in [1.54, 1.807) is 25.1 Å². The molecule has 0 heterocycles. The van der Waals surface area contributed by atoms with Crippen LogP contribution in [0, 0.1) is 6.92 Å². The van der Waals surface area contributed by atoms with Crippen LogP contribution in [0.3, 0.4) is 0 Å². The van der Waals surface area contributed by atoms with E-state index in [4.69, 9.17) is 0 Å². The SMILES string of the molecule is Cc1ccccc1OP(=O)([O-])[O-].[Na+].[Na+]. The van der Waals surface area contributed by atoms with Gasteiger partial charge in [0.1, 0.15) is 13.6 Å². The van der Waals surface area contributed by atoms with Crippen LogP contribution < -0.4 is 73.4 Å². The molecule has 66 valence electrons. The predicted molar refractivity (Wildman–Crippen MR) is 39.4 cm³/mol. The summed E-state index contributed by atoms with van der Waals surface area (Å²) in [7, 11) is -4.91. The van der Waals surface area contributed by atoms with Gasteiger partial charge in [0.05, 0.1) is 0 Å². The van der Waals surface area contributed by atoms with E-state index in [0.717, 1.165) is 0 Å². The van der Waals surface area contributed by atoms with E-state index in [1.807, 2.05) is 0 Å². The number of hydrogen-bond donors (Lipinski definition) is 0. The second-order valence-corrected chi connectivity index (χ2v) is 3.38. The van der Waals surface area contributed by atoms with Gasteiger partial charge in [0.15, 0.2) is 0 Å². The second-order valence-electron chi connectivity index (χ2n) is 2.30. The molecule has 0 N–H and O–H groups in total. The monoisotopic (exact) mass is 232 g/mol. The molecule has 0 aliphatic carbocycles. The van der Waals surface area contributed by atoms with Gasteiger partial charge in [-0.25, -0.2) is 0 Å². The summed E-state index contributed by atoms with van der Waals surface area (Å²) in [6, 6.07) is 6.41. The van der Waals surface area contributed by atoms with Gasteiger partial charge in [0.25, 0.3) is 0 Å². The standard InChI is InChI=1S/C7H9O4P.2Na/c1-6-4-2-3-5-7(6)11-12(8,9)10;;/h2-5H,1H3,(H2,8,9,10);;/q;2*+1/p-2. The Kier molecular flexibility index (Phi) is 9.34. The van der Waals surface area contributed by atoms with Gasteiger partial charge >= 0.3 is 59.1 Å². The molecular weight excluding hydrogens is 225 g/mol. The fourth-order valence-electron chi connectivity index (χ4n) is 0.779. The molecule has 0 aliphatic rings. The summed E-state index contributed by atoms with van der Waals surface area (Å²) in [6.07, 6.45) is 0. The summed E-state index contributed by atoms with van der Waals surface area (Å²) in [6.45, 7) is 1.66. The summed E-state index contributed by atoms with van der Waals surface area (Å²) in [4.78, 5) is 20.4. The molecule has 0 saturated carbocycles. The number of para-hydroxylation sites is 1. The van der Waals surface area contributed by atoms with Crippen molar-refractivity contribution < 1.29 is 78.0 Å². The van der Waals surface area contributed by atoms with Crippen LogP contribution >= 0.6 is 7.82 Å². The van der Waals surface area contributed by atoms with E-state index in [-0.39, 0.29) is 64.9 Å². The molecule has 0 aliphatic heterocycles. The third-order valence-corrected chi connectivity index (χ3v) is 1.72. The summed E-state index contributed by atoms with van der Waals surface area (Å²) >= 11 is 0. The van der Waals surface area contributed by atoms with E-state index in [0.29, 0.717) is 5.56 Å². The molecule has 1 aromatic rings. The Labute approximate surface area is 127 Å². The number of benzene rings is 1. The van der Waals surface area contributed by atoms with Crippen molar-refractivity contribution in [3.63, 3.8) is 0 Å². The van der Waals surface area contributed by atoms with Crippen LogP contribution in [-0.2, 0) is 4.57 Å². The van der Waals surface area contributed by atoms with Crippen LogP contribution in [0.2, 0.25) is 0 Å². The van der Waals surface area contributed by atoms with Gasteiger partial charge in [-0.15, -0.1) is 0 Å². The molecular formula is C7H7Na2O4P. The van der Waals surface area contributed by atoms with Gasteiger partial charge in [0.2, 0.25) is 0 Å². The molecule has 0 radical (unpaired) electrons. The fourth-order valence-corrected chi connectivity index (χ4v) is 1.23. The first-order valence-electron chi connectivity index (χ1n) is 3.26. The van der Waals surface area contributed by atoms with Crippen molar-refractivity contribution in [2.75, 3.05) is 0 Å². The molecule has 0 unspecified atom stereocenters. The Hall–Kier alpha value is 1.17. The normalized spacial score (nSPS) is 9.64. The number of hydrogen-bond acceptors (Lipinski definition) is 4. The Bertz CT molecular complexity index is 325. The first-order chi connectivity index (χ1) is 5.49. The minimum atomic E-state index is -4.91. The van der Waals surface area contributed by atoms with Gasteiger partial charge in [-0.1, -0.05) is 18.2 Å². The molecule has 0 fully saturated rings. The molecule has 0 spiro atoms.